The van der Waals surface area contributed by atoms with Gasteiger partial charge in [0.25, 0.3) is 10.0 Å². The summed E-state index contributed by atoms with van der Waals surface area (Å²) in [4.78, 5) is 15.8. The molecule has 2 aromatic carbocycles. The van der Waals surface area contributed by atoms with Crippen molar-refractivity contribution >= 4 is 32.5 Å². The Balaban J connectivity index is 1.85. The Kier molecular flexibility index (Phi) is 4.54. The lowest BCUT2D eigenvalue weighted by molar-refractivity contribution is 0.555. The molecule has 2 N–H and O–H groups in total. The van der Waals surface area contributed by atoms with Crippen molar-refractivity contribution in [3.8, 4) is 0 Å². The maximum Gasteiger partial charge on any atom is 0.417 e. The Hall–Kier alpha value is -2.74. The molecule has 0 amide bonds. The number of nitrogens with one attached hydrogen (secondary N) is 2. The van der Waals surface area contributed by atoms with E-state index >= 15 is 0 Å². The third-order valence-electron chi connectivity index (χ3n) is 3.95. The van der Waals surface area contributed by atoms with E-state index in [1.807, 2.05) is 12.1 Å². The minimum absolute atomic E-state index is 0.0462. The molecule has 0 aliphatic rings. The molecule has 0 fully saturated rings. The van der Waals surface area contributed by atoms with E-state index in [4.69, 9.17) is 4.42 Å². The number of aromatic nitrogens is 1. The molecule has 3 rings (SSSR count). The lowest BCUT2D eigenvalue weighted by atomic mass is 10.2. The first-order valence-corrected chi connectivity index (χ1v) is 9.42. The molecule has 7 nitrogen and oxygen atoms in total. The van der Waals surface area contributed by atoms with Crippen molar-refractivity contribution in [1.29, 1.82) is 0 Å². The lowest BCUT2D eigenvalue weighted by Crippen LogP contribution is -2.21. The van der Waals surface area contributed by atoms with Crippen LogP contribution in [0.5, 0.6) is 0 Å². The van der Waals surface area contributed by atoms with Crippen LogP contribution in [0.3, 0.4) is 0 Å². The van der Waals surface area contributed by atoms with Gasteiger partial charge >= 0.3 is 5.76 Å². The number of hydrogen-bond acceptors (Lipinski definition) is 5. The molecule has 0 bridgehead atoms. The van der Waals surface area contributed by atoms with Crippen LogP contribution in [0, 0.1) is 0 Å². The molecule has 0 atom stereocenters. The van der Waals surface area contributed by atoms with E-state index in [0.29, 0.717) is 16.8 Å². The molecule has 0 unspecified atom stereocenters. The molecular formula is C17H19N3O4S. The minimum atomic E-state index is -3.77. The number of fused-ring (bicyclic) bond motifs is 1. The van der Waals surface area contributed by atoms with E-state index < -0.39 is 15.8 Å². The number of sulfonamides is 1. The maximum absolute atomic E-state index is 12.5. The van der Waals surface area contributed by atoms with Crippen LogP contribution in [0.15, 0.2) is 56.6 Å². The van der Waals surface area contributed by atoms with Gasteiger partial charge in [0.2, 0.25) is 0 Å². The highest BCUT2D eigenvalue weighted by Gasteiger charge is 2.16. The van der Waals surface area contributed by atoms with Crippen molar-refractivity contribution < 1.29 is 12.8 Å². The molecule has 0 saturated carbocycles. The van der Waals surface area contributed by atoms with Crippen molar-refractivity contribution in [3.63, 3.8) is 0 Å². The van der Waals surface area contributed by atoms with E-state index in [1.165, 1.54) is 18.2 Å². The zero-order valence-electron chi connectivity index (χ0n) is 13.9. The van der Waals surface area contributed by atoms with Gasteiger partial charge < -0.3 is 9.32 Å². The van der Waals surface area contributed by atoms with E-state index in [9.17, 15) is 13.2 Å². The number of benzene rings is 2. The van der Waals surface area contributed by atoms with Crippen LogP contribution in [-0.2, 0) is 10.0 Å². The number of hydrogen-bond donors (Lipinski definition) is 2. The van der Waals surface area contributed by atoms with Crippen LogP contribution < -0.4 is 15.4 Å². The smallest absolute Gasteiger partial charge is 0.408 e. The van der Waals surface area contributed by atoms with Gasteiger partial charge in [-0.15, -0.1) is 0 Å². The Morgan fingerprint density at radius 1 is 1.08 bits per heavy atom. The largest absolute Gasteiger partial charge is 0.417 e. The molecule has 1 aromatic heterocycles. The molecule has 3 aromatic rings. The summed E-state index contributed by atoms with van der Waals surface area (Å²) in [7, 11) is -3.77. The van der Waals surface area contributed by atoms with Gasteiger partial charge in [0.05, 0.1) is 10.4 Å². The predicted octanol–water partition coefficient (Wildman–Crippen LogP) is 2.77. The number of oxazole rings is 1. The summed E-state index contributed by atoms with van der Waals surface area (Å²) >= 11 is 0. The summed E-state index contributed by atoms with van der Waals surface area (Å²) < 4.78 is 32.5. The Morgan fingerprint density at radius 2 is 1.76 bits per heavy atom. The van der Waals surface area contributed by atoms with Crippen LogP contribution in [0.25, 0.3) is 11.1 Å². The van der Waals surface area contributed by atoms with Gasteiger partial charge in [-0.25, -0.2) is 13.2 Å². The minimum Gasteiger partial charge on any atom is -0.408 e. The average Bonchev–Trinajstić information content (AvgIpc) is 2.96. The van der Waals surface area contributed by atoms with Crippen molar-refractivity contribution in [3.05, 3.63) is 53.0 Å². The first kappa shape index (κ1) is 17.1. The van der Waals surface area contributed by atoms with Gasteiger partial charge in [-0.1, -0.05) is 0 Å². The SMILES string of the molecule is CCN(CC)c1ccc(NS(=O)(=O)c2ccc3oc(=O)[nH]c3c2)cc1. The summed E-state index contributed by atoms with van der Waals surface area (Å²) in [6, 6.07) is 11.4. The predicted molar refractivity (Wildman–Crippen MR) is 97.6 cm³/mol. The van der Waals surface area contributed by atoms with Crippen molar-refractivity contribution in [2.45, 2.75) is 18.7 Å². The van der Waals surface area contributed by atoms with Crippen molar-refractivity contribution in [2.24, 2.45) is 0 Å². The van der Waals surface area contributed by atoms with E-state index in [1.54, 1.807) is 12.1 Å². The molecule has 0 aliphatic heterocycles. The molecule has 0 saturated heterocycles. The number of H-pyrrole nitrogens is 1. The number of rotatable bonds is 6. The highest BCUT2D eigenvalue weighted by Crippen LogP contribution is 2.22. The average molecular weight is 361 g/mol. The molecule has 0 aliphatic carbocycles. The van der Waals surface area contributed by atoms with E-state index in [0.717, 1.165) is 18.8 Å². The first-order chi connectivity index (χ1) is 11.9. The third kappa shape index (κ3) is 3.53. The molecule has 25 heavy (non-hydrogen) atoms. The van der Waals surface area contributed by atoms with Crippen molar-refractivity contribution in [1.82, 2.24) is 4.98 Å². The molecule has 1 heterocycles. The van der Waals surface area contributed by atoms with Gasteiger partial charge in [0.1, 0.15) is 0 Å². The fourth-order valence-corrected chi connectivity index (χ4v) is 3.73. The van der Waals surface area contributed by atoms with Gasteiger partial charge in [-0.3, -0.25) is 9.71 Å². The quantitative estimate of drug-likeness (QED) is 0.704. The Bertz CT molecular complexity index is 1030. The number of nitrogens with zero attached hydrogens (tertiary/aromatic N) is 1. The van der Waals surface area contributed by atoms with Crippen LogP contribution in [-0.4, -0.2) is 26.5 Å². The van der Waals surface area contributed by atoms with Gasteiger partial charge in [0, 0.05) is 24.5 Å². The monoisotopic (exact) mass is 361 g/mol. The van der Waals surface area contributed by atoms with E-state index in [-0.39, 0.29) is 4.90 Å². The normalized spacial score (nSPS) is 11.6. The second kappa shape index (κ2) is 6.64. The fourth-order valence-electron chi connectivity index (χ4n) is 2.64. The van der Waals surface area contributed by atoms with Crippen LogP contribution in [0.1, 0.15) is 13.8 Å². The second-order valence-electron chi connectivity index (χ2n) is 5.50. The summed E-state index contributed by atoms with van der Waals surface area (Å²) in [6.07, 6.45) is 0. The topological polar surface area (TPSA) is 95.4 Å². The van der Waals surface area contributed by atoms with Gasteiger partial charge in [-0.05, 0) is 56.3 Å². The highest BCUT2D eigenvalue weighted by molar-refractivity contribution is 7.92. The summed E-state index contributed by atoms with van der Waals surface area (Å²) in [6.45, 7) is 5.89. The highest BCUT2D eigenvalue weighted by atomic mass is 32.2. The molecular weight excluding hydrogens is 342 g/mol. The standard InChI is InChI=1S/C17H19N3O4S/c1-3-20(4-2)13-7-5-12(6-8-13)19-25(22,23)14-9-10-16-15(11-14)18-17(21)24-16/h5-11,19H,3-4H2,1-2H3,(H,18,21). The molecule has 8 heteroatoms. The van der Waals surface area contributed by atoms with Crippen LogP contribution in [0.4, 0.5) is 11.4 Å². The second-order valence-corrected chi connectivity index (χ2v) is 7.18. The summed E-state index contributed by atoms with van der Waals surface area (Å²) in [5.74, 6) is -0.621. The van der Waals surface area contributed by atoms with Crippen molar-refractivity contribution in [2.75, 3.05) is 22.7 Å². The van der Waals surface area contributed by atoms with E-state index in [2.05, 4.69) is 28.5 Å². The number of aromatic amines is 1. The van der Waals surface area contributed by atoms with Crippen LogP contribution >= 0.6 is 0 Å². The molecule has 0 radical (unpaired) electrons. The zero-order valence-corrected chi connectivity index (χ0v) is 14.8. The lowest BCUT2D eigenvalue weighted by Gasteiger charge is -2.21. The zero-order chi connectivity index (χ0) is 18.0. The Labute approximate surface area is 145 Å². The van der Waals surface area contributed by atoms with Gasteiger partial charge in [0.15, 0.2) is 5.58 Å². The van der Waals surface area contributed by atoms with Gasteiger partial charge in [-0.2, -0.15) is 0 Å². The Morgan fingerprint density at radius 3 is 2.40 bits per heavy atom. The van der Waals surface area contributed by atoms with Crippen LogP contribution in [0.2, 0.25) is 0 Å². The third-order valence-corrected chi connectivity index (χ3v) is 5.33. The number of anilines is 2. The maximum atomic E-state index is 12.5. The summed E-state index contributed by atoms with van der Waals surface area (Å²) in [5.41, 5.74) is 2.15. The molecule has 132 valence electrons. The summed E-state index contributed by atoms with van der Waals surface area (Å²) in [5, 5.41) is 0. The first-order valence-electron chi connectivity index (χ1n) is 7.93. The fraction of sp³-hybridized carbons (Fsp3) is 0.235. The molecule has 0 spiro atoms.